The first-order valence-electron chi connectivity index (χ1n) is 7.50. The fraction of sp³-hybridized carbons (Fsp3) is 0.600. The minimum Gasteiger partial charge on any atom is -0.263 e. The minimum absolute atomic E-state index is 0. The van der Waals surface area contributed by atoms with Crippen molar-refractivity contribution in [1.29, 1.82) is 0 Å². The summed E-state index contributed by atoms with van der Waals surface area (Å²) in [4.78, 5) is 0. The van der Waals surface area contributed by atoms with E-state index < -0.39 is 0 Å². The molecule has 120 valence electrons. The molecule has 0 radical (unpaired) electrons. The molecule has 2 rings (SSSR count). The van der Waals surface area contributed by atoms with Crippen molar-refractivity contribution in [1.82, 2.24) is 0 Å². The molecule has 0 aromatic rings. The monoisotopic (exact) mass is 328 g/mol. The van der Waals surface area contributed by atoms with Gasteiger partial charge in [-0.3, -0.25) is 12.2 Å². The average Bonchev–Trinajstić information content (AvgIpc) is 2.60. The van der Waals surface area contributed by atoms with E-state index in [9.17, 15) is 0 Å². The molecule has 0 spiro atoms. The molecule has 0 atom stereocenters. The summed E-state index contributed by atoms with van der Waals surface area (Å²) in [6, 6.07) is 0. The fourth-order valence-electron chi connectivity index (χ4n) is 2.81. The third-order valence-electron chi connectivity index (χ3n) is 5.12. The topological polar surface area (TPSA) is 0 Å². The minimum atomic E-state index is 0. The van der Waals surface area contributed by atoms with Gasteiger partial charge in [0.15, 0.2) is 0 Å². The third kappa shape index (κ3) is 4.22. The van der Waals surface area contributed by atoms with Crippen LogP contribution in [0, 0.1) is 23.0 Å². The summed E-state index contributed by atoms with van der Waals surface area (Å²) in [5.41, 5.74) is 8.79. The average molecular weight is 329 g/mol. The normalized spacial score (nSPS) is 22.4. The maximum atomic E-state index is 3.44. The number of hydrogen-bond donors (Lipinski definition) is 0. The van der Waals surface area contributed by atoms with Crippen LogP contribution in [-0.2, 0) is 16.5 Å². The molecule has 0 amide bonds. The molecule has 1 heteroatoms. The molecule has 2 aliphatic carbocycles. The van der Waals surface area contributed by atoms with E-state index in [0.29, 0.717) is 0 Å². The van der Waals surface area contributed by atoms with Crippen LogP contribution in [0.15, 0.2) is 33.4 Å². The standard InChI is InChI=1S/2C10H15.Ni/c2*1-7-6-10(4,5)9(3)8(7)2;/h2*1-5H3;/q2*-1;+2. The van der Waals surface area contributed by atoms with Crippen molar-refractivity contribution in [3.05, 3.63) is 45.6 Å². The Morgan fingerprint density at radius 3 is 0.857 bits per heavy atom. The summed E-state index contributed by atoms with van der Waals surface area (Å²) in [6.45, 7) is 21.8. The molecule has 0 aromatic heterocycles. The molecule has 0 fully saturated rings. The molecule has 0 N–H and O–H groups in total. The zero-order chi connectivity index (χ0) is 15.9. The zero-order valence-corrected chi connectivity index (χ0v) is 16.3. The molecular formula is C20H30Ni. The first-order chi connectivity index (χ1) is 8.90. The number of allylic oxidation sites excluding steroid dienone is 8. The zero-order valence-electron chi connectivity index (χ0n) is 15.3. The molecule has 0 saturated carbocycles. The van der Waals surface area contributed by atoms with Gasteiger partial charge in [0.05, 0.1) is 0 Å². The predicted molar refractivity (Wildman–Crippen MR) is 89.2 cm³/mol. The van der Waals surface area contributed by atoms with E-state index in [1.54, 1.807) is 0 Å². The van der Waals surface area contributed by atoms with Crippen molar-refractivity contribution >= 4 is 0 Å². The molecule has 0 nitrogen and oxygen atoms in total. The third-order valence-corrected chi connectivity index (χ3v) is 5.12. The van der Waals surface area contributed by atoms with Gasteiger partial charge in [-0.15, -0.1) is 13.8 Å². The maximum Gasteiger partial charge on any atom is 2.00 e. The van der Waals surface area contributed by atoms with Gasteiger partial charge in [-0.25, -0.2) is 11.1 Å². The molecule has 0 bridgehead atoms. The van der Waals surface area contributed by atoms with Crippen molar-refractivity contribution in [3.63, 3.8) is 0 Å². The first-order valence-corrected chi connectivity index (χ1v) is 7.50. The summed E-state index contributed by atoms with van der Waals surface area (Å²) in [6.07, 6.45) is 6.87. The van der Waals surface area contributed by atoms with Crippen LogP contribution in [0.25, 0.3) is 0 Å². The molecule has 2 aliphatic rings. The van der Waals surface area contributed by atoms with Crippen LogP contribution in [0.1, 0.15) is 69.2 Å². The second kappa shape index (κ2) is 6.70. The van der Waals surface area contributed by atoms with Crippen LogP contribution in [0.4, 0.5) is 0 Å². The van der Waals surface area contributed by atoms with Crippen molar-refractivity contribution in [3.8, 4) is 0 Å². The second-order valence-electron chi connectivity index (χ2n) is 7.25. The quantitative estimate of drug-likeness (QED) is 0.365. The summed E-state index contributed by atoms with van der Waals surface area (Å²) in [7, 11) is 0. The Hall–Kier alpha value is -0.546. The predicted octanol–water partition coefficient (Wildman–Crippen LogP) is 6.22. The molecule has 21 heavy (non-hydrogen) atoms. The molecule has 0 aliphatic heterocycles. The maximum absolute atomic E-state index is 3.44. The summed E-state index contributed by atoms with van der Waals surface area (Å²) in [5, 5.41) is 0. The van der Waals surface area contributed by atoms with E-state index in [1.165, 1.54) is 33.4 Å². The van der Waals surface area contributed by atoms with Gasteiger partial charge in [-0.2, -0.15) is 22.3 Å². The second-order valence-corrected chi connectivity index (χ2v) is 7.25. The van der Waals surface area contributed by atoms with Crippen LogP contribution in [-0.4, -0.2) is 0 Å². The Kier molecular flexibility index (Phi) is 6.52. The SMILES string of the molecule is CC1=[C-]C(C)(C)C(C)=C1C.CC1=[C-]C(C)(C)C(C)=C1C.[Ni+2]. The van der Waals surface area contributed by atoms with Gasteiger partial charge in [0.1, 0.15) is 0 Å². The van der Waals surface area contributed by atoms with Gasteiger partial charge in [0.2, 0.25) is 0 Å². The molecule has 0 saturated heterocycles. The molecule has 0 unspecified atom stereocenters. The summed E-state index contributed by atoms with van der Waals surface area (Å²) in [5.74, 6) is 0. The van der Waals surface area contributed by atoms with E-state index in [2.05, 4.69) is 81.4 Å². The molecule has 0 heterocycles. The molecule has 0 aromatic carbocycles. The van der Waals surface area contributed by atoms with E-state index >= 15 is 0 Å². The van der Waals surface area contributed by atoms with Crippen LogP contribution in [0.5, 0.6) is 0 Å². The van der Waals surface area contributed by atoms with Crippen molar-refractivity contribution in [2.45, 2.75) is 69.2 Å². The Labute approximate surface area is 142 Å². The van der Waals surface area contributed by atoms with E-state index in [1.807, 2.05) is 0 Å². The van der Waals surface area contributed by atoms with Gasteiger partial charge in [-0.05, 0) is 0 Å². The Bertz CT molecular complexity index is 484. The molecular weight excluding hydrogens is 299 g/mol. The number of hydrogen-bond acceptors (Lipinski definition) is 0. The van der Waals surface area contributed by atoms with Gasteiger partial charge < -0.3 is 0 Å². The van der Waals surface area contributed by atoms with Gasteiger partial charge in [0, 0.05) is 0 Å². The van der Waals surface area contributed by atoms with Crippen molar-refractivity contribution < 1.29 is 16.5 Å². The Morgan fingerprint density at radius 1 is 0.571 bits per heavy atom. The van der Waals surface area contributed by atoms with Crippen molar-refractivity contribution in [2.24, 2.45) is 10.8 Å². The van der Waals surface area contributed by atoms with Crippen molar-refractivity contribution in [2.75, 3.05) is 0 Å². The Balaban J connectivity index is 0.000000364. The van der Waals surface area contributed by atoms with Crippen LogP contribution in [0.2, 0.25) is 0 Å². The largest absolute Gasteiger partial charge is 2.00 e. The van der Waals surface area contributed by atoms with Crippen LogP contribution >= 0.6 is 0 Å². The Morgan fingerprint density at radius 2 is 0.810 bits per heavy atom. The van der Waals surface area contributed by atoms with Gasteiger partial charge >= 0.3 is 16.5 Å². The van der Waals surface area contributed by atoms with Crippen LogP contribution in [0.3, 0.4) is 0 Å². The van der Waals surface area contributed by atoms with Gasteiger partial charge in [-0.1, -0.05) is 66.2 Å². The summed E-state index contributed by atoms with van der Waals surface area (Å²) < 4.78 is 0. The smallest absolute Gasteiger partial charge is 0.263 e. The van der Waals surface area contributed by atoms with E-state index in [-0.39, 0.29) is 27.3 Å². The number of rotatable bonds is 0. The summed E-state index contributed by atoms with van der Waals surface area (Å²) >= 11 is 0. The fourth-order valence-corrected chi connectivity index (χ4v) is 2.81. The van der Waals surface area contributed by atoms with E-state index in [0.717, 1.165) is 0 Å². The van der Waals surface area contributed by atoms with E-state index in [4.69, 9.17) is 0 Å². The first kappa shape index (κ1) is 20.5. The van der Waals surface area contributed by atoms with Crippen LogP contribution < -0.4 is 0 Å². The van der Waals surface area contributed by atoms with Gasteiger partial charge in [0.25, 0.3) is 0 Å².